The minimum absolute atomic E-state index is 0.0639. The lowest BCUT2D eigenvalue weighted by molar-refractivity contribution is -0.129. The Balaban J connectivity index is 2.15. The number of carbonyl (C=O) groups is 2. The number of nitrogens with zero attached hydrogens (tertiary/aromatic N) is 2. The first-order valence-electron chi connectivity index (χ1n) is 7.42. The minimum atomic E-state index is -0.665. The van der Waals surface area contributed by atoms with Crippen molar-refractivity contribution >= 4 is 28.2 Å². The molecule has 130 valence electrons. The van der Waals surface area contributed by atoms with Crippen LogP contribution in [0.4, 0.5) is 5.00 Å². The second kappa shape index (κ2) is 8.28. The number of thiazole rings is 1. The van der Waals surface area contributed by atoms with Crippen molar-refractivity contribution < 1.29 is 14.7 Å². The lowest BCUT2D eigenvalue weighted by Crippen LogP contribution is -2.28. The van der Waals surface area contributed by atoms with Crippen molar-refractivity contribution in [3.8, 4) is 22.4 Å². The van der Waals surface area contributed by atoms with Gasteiger partial charge in [-0.05, 0) is 12.1 Å². The van der Waals surface area contributed by atoms with Gasteiger partial charge in [0.1, 0.15) is 10.0 Å². The molecule has 7 nitrogen and oxygen atoms in total. The predicted molar refractivity (Wildman–Crippen MR) is 96.7 cm³/mol. The van der Waals surface area contributed by atoms with Gasteiger partial charge in [0.05, 0.1) is 13.0 Å². The Morgan fingerprint density at radius 3 is 2.80 bits per heavy atom. The van der Waals surface area contributed by atoms with Crippen LogP contribution in [0.1, 0.15) is 22.5 Å². The highest BCUT2D eigenvalue weighted by atomic mass is 32.1. The first kappa shape index (κ1) is 18.4. The van der Waals surface area contributed by atoms with E-state index in [1.54, 1.807) is 19.2 Å². The largest absolute Gasteiger partial charge is 0.395 e. The maximum atomic E-state index is 11.8. The zero-order valence-corrected chi connectivity index (χ0v) is 14.5. The number of carbonyl (C=O) groups excluding carboxylic acids is 2. The van der Waals surface area contributed by atoms with Gasteiger partial charge in [-0.3, -0.25) is 9.59 Å². The van der Waals surface area contributed by atoms with E-state index < -0.39 is 5.91 Å². The van der Waals surface area contributed by atoms with E-state index in [0.717, 1.165) is 5.56 Å². The van der Waals surface area contributed by atoms with Crippen LogP contribution < -0.4 is 11.5 Å². The van der Waals surface area contributed by atoms with Crippen LogP contribution >= 0.6 is 11.3 Å². The Morgan fingerprint density at radius 2 is 2.16 bits per heavy atom. The normalized spacial score (nSPS) is 10.0. The maximum Gasteiger partial charge on any atom is 0.270 e. The van der Waals surface area contributed by atoms with Gasteiger partial charge in [-0.2, -0.15) is 0 Å². The molecule has 25 heavy (non-hydrogen) atoms. The quantitative estimate of drug-likeness (QED) is 0.679. The summed E-state index contributed by atoms with van der Waals surface area (Å²) in [5, 5.41) is 9.66. The molecule has 0 aliphatic heterocycles. The van der Waals surface area contributed by atoms with E-state index in [9.17, 15) is 9.59 Å². The van der Waals surface area contributed by atoms with E-state index >= 15 is 0 Å². The fraction of sp³-hybridized carbons (Fsp3) is 0.235. The van der Waals surface area contributed by atoms with Gasteiger partial charge in [-0.1, -0.05) is 35.3 Å². The number of nitrogen functional groups attached to an aromatic ring is 1. The fourth-order valence-electron chi connectivity index (χ4n) is 1.99. The van der Waals surface area contributed by atoms with Crippen LogP contribution in [0.2, 0.25) is 0 Å². The molecule has 1 aromatic carbocycles. The highest BCUT2D eigenvalue weighted by Crippen LogP contribution is 2.30. The van der Waals surface area contributed by atoms with Gasteiger partial charge in [0.15, 0.2) is 5.69 Å². The van der Waals surface area contributed by atoms with Crippen LogP contribution in [0.3, 0.4) is 0 Å². The molecule has 0 atom stereocenters. The SMILES string of the molecule is CN(CCO)C(=O)CC#Cc1cccc(-c2nc(C(N)=O)c(N)s2)c1. The second-order valence-electron chi connectivity index (χ2n) is 5.19. The molecule has 8 heteroatoms. The van der Waals surface area contributed by atoms with Crippen molar-refractivity contribution in [2.24, 2.45) is 5.73 Å². The van der Waals surface area contributed by atoms with Crippen LogP contribution in [-0.2, 0) is 4.79 Å². The topological polar surface area (TPSA) is 123 Å². The molecule has 0 spiro atoms. The molecule has 0 bridgehead atoms. The number of hydrogen-bond donors (Lipinski definition) is 3. The molecule has 0 aliphatic carbocycles. The lowest BCUT2D eigenvalue weighted by Gasteiger charge is -2.13. The number of aromatic nitrogens is 1. The number of anilines is 1. The molecule has 0 unspecified atom stereocenters. The highest BCUT2D eigenvalue weighted by Gasteiger charge is 2.14. The van der Waals surface area contributed by atoms with E-state index in [2.05, 4.69) is 16.8 Å². The van der Waals surface area contributed by atoms with Crippen LogP contribution in [0.25, 0.3) is 10.6 Å². The summed E-state index contributed by atoms with van der Waals surface area (Å²) < 4.78 is 0. The number of hydrogen-bond acceptors (Lipinski definition) is 6. The van der Waals surface area contributed by atoms with Crippen molar-refractivity contribution in [2.45, 2.75) is 6.42 Å². The van der Waals surface area contributed by atoms with Gasteiger partial charge in [0.2, 0.25) is 5.91 Å². The van der Waals surface area contributed by atoms with Crippen molar-refractivity contribution in [1.29, 1.82) is 0 Å². The summed E-state index contributed by atoms with van der Waals surface area (Å²) in [6, 6.07) is 7.25. The Labute approximate surface area is 149 Å². The molecule has 2 amide bonds. The zero-order chi connectivity index (χ0) is 18.4. The molecular formula is C17H18N4O3S. The van der Waals surface area contributed by atoms with Gasteiger partial charge in [0.25, 0.3) is 5.91 Å². The Hall–Kier alpha value is -2.89. The summed E-state index contributed by atoms with van der Waals surface area (Å²) in [6.45, 7) is 0.200. The molecule has 2 rings (SSSR count). The van der Waals surface area contributed by atoms with Gasteiger partial charge >= 0.3 is 0 Å². The van der Waals surface area contributed by atoms with Crippen LogP contribution in [0.5, 0.6) is 0 Å². The van der Waals surface area contributed by atoms with E-state index in [1.807, 2.05) is 12.1 Å². The van der Waals surface area contributed by atoms with Crippen molar-refractivity contribution in [3.63, 3.8) is 0 Å². The minimum Gasteiger partial charge on any atom is -0.395 e. The van der Waals surface area contributed by atoms with Gasteiger partial charge in [-0.15, -0.1) is 0 Å². The molecule has 1 heterocycles. The summed E-state index contributed by atoms with van der Waals surface area (Å²) >= 11 is 1.18. The Morgan fingerprint density at radius 1 is 1.40 bits per heavy atom. The predicted octanol–water partition coefficient (Wildman–Crippen LogP) is 0.683. The number of aliphatic hydroxyl groups excluding tert-OH is 1. The van der Waals surface area contributed by atoms with Crippen molar-refractivity contribution in [2.75, 3.05) is 25.9 Å². The average molecular weight is 358 g/mol. The summed E-state index contributed by atoms with van der Waals surface area (Å²) in [7, 11) is 1.62. The average Bonchev–Trinajstić information content (AvgIpc) is 2.97. The first-order chi connectivity index (χ1) is 11.9. The summed E-state index contributed by atoms with van der Waals surface area (Å²) in [4.78, 5) is 28.6. The van der Waals surface area contributed by atoms with Crippen LogP contribution in [0.15, 0.2) is 24.3 Å². The summed E-state index contributed by atoms with van der Waals surface area (Å²) in [6.07, 6.45) is 0.0662. The van der Waals surface area contributed by atoms with E-state index in [-0.39, 0.29) is 36.2 Å². The molecule has 0 aliphatic rings. The van der Waals surface area contributed by atoms with Crippen molar-refractivity contribution in [1.82, 2.24) is 9.88 Å². The maximum absolute atomic E-state index is 11.8. The molecule has 1 aromatic heterocycles. The van der Waals surface area contributed by atoms with E-state index in [4.69, 9.17) is 16.6 Å². The summed E-state index contributed by atoms with van der Waals surface area (Å²) in [5.74, 6) is 4.92. The Bertz CT molecular complexity index is 851. The smallest absolute Gasteiger partial charge is 0.270 e. The number of aliphatic hydroxyl groups is 1. The zero-order valence-electron chi connectivity index (χ0n) is 13.7. The number of nitrogens with two attached hydrogens (primary N) is 2. The monoisotopic (exact) mass is 358 g/mol. The van der Waals surface area contributed by atoms with Crippen LogP contribution in [-0.4, -0.2) is 47.0 Å². The molecule has 0 saturated carbocycles. The third kappa shape index (κ3) is 4.79. The third-order valence-corrected chi connectivity index (χ3v) is 4.26. The van der Waals surface area contributed by atoms with E-state index in [1.165, 1.54) is 16.2 Å². The third-order valence-electron chi connectivity index (χ3n) is 3.33. The van der Waals surface area contributed by atoms with Gasteiger partial charge < -0.3 is 21.5 Å². The number of benzene rings is 1. The molecule has 5 N–H and O–H groups in total. The molecule has 0 fully saturated rings. The van der Waals surface area contributed by atoms with Crippen LogP contribution in [0, 0.1) is 11.8 Å². The number of primary amides is 1. The second-order valence-corrected chi connectivity index (χ2v) is 6.23. The first-order valence-corrected chi connectivity index (χ1v) is 8.24. The lowest BCUT2D eigenvalue weighted by atomic mass is 10.1. The number of likely N-dealkylation sites (N-methyl/N-ethyl adjacent to an activating group) is 1. The van der Waals surface area contributed by atoms with Gasteiger partial charge in [-0.25, -0.2) is 4.98 Å². The molecule has 2 aromatic rings. The Kier molecular flexibility index (Phi) is 6.11. The summed E-state index contributed by atoms with van der Waals surface area (Å²) in [5.41, 5.74) is 12.5. The standard InChI is InChI=1S/C17H18N4O3S/c1-21(8-9-22)13(23)7-3-5-11-4-2-6-12(10-11)17-20-14(15(18)24)16(19)25-17/h2,4,6,10,22H,7-9,19H2,1H3,(H2,18,24). The molecular weight excluding hydrogens is 340 g/mol. The fourth-order valence-corrected chi connectivity index (χ4v) is 2.83. The van der Waals surface area contributed by atoms with Crippen molar-refractivity contribution in [3.05, 3.63) is 35.5 Å². The number of amides is 2. The molecule has 0 saturated heterocycles. The highest BCUT2D eigenvalue weighted by molar-refractivity contribution is 7.19. The van der Waals surface area contributed by atoms with Gasteiger partial charge in [0, 0.05) is 24.7 Å². The molecule has 0 radical (unpaired) electrons. The van der Waals surface area contributed by atoms with E-state index in [0.29, 0.717) is 10.6 Å². The number of rotatable bonds is 5.